The van der Waals surface area contributed by atoms with E-state index in [-0.39, 0.29) is 18.7 Å². The third-order valence-corrected chi connectivity index (χ3v) is 3.26. The molecule has 0 unspecified atom stereocenters. The highest BCUT2D eigenvalue weighted by atomic mass is 32.2. The molecule has 0 aromatic heterocycles. The van der Waals surface area contributed by atoms with Gasteiger partial charge in [0, 0.05) is 6.54 Å². The zero-order chi connectivity index (χ0) is 11.9. The molecule has 7 heteroatoms. The van der Waals surface area contributed by atoms with Gasteiger partial charge in [-0.25, -0.2) is 8.42 Å². The first-order chi connectivity index (χ1) is 6.87. The van der Waals surface area contributed by atoms with Gasteiger partial charge < -0.3 is 10.4 Å². The van der Waals surface area contributed by atoms with Crippen LogP contribution in [-0.2, 0) is 19.4 Å². The van der Waals surface area contributed by atoms with Gasteiger partial charge in [0.25, 0.3) is 0 Å². The molecule has 0 spiro atoms. The maximum absolute atomic E-state index is 11.2. The van der Waals surface area contributed by atoms with Crippen molar-refractivity contribution in [2.24, 2.45) is 0 Å². The van der Waals surface area contributed by atoms with E-state index in [4.69, 9.17) is 5.11 Å². The molecule has 0 fully saturated rings. The number of amides is 1. The zero-order valence-electron chi connectivity index (χ0n) is 8.52. The minimum absolute atomic E-state index is 0.0284. The van der Waals surface area contributed by atoms with Crippen LogP contribution in [0.25, 0.3) is 0 Å². The van der Waals surface area contributed by atoms with Gasteiger partial charge in [0.2, 0.25) is 5.91 Å². The fourth-order valence-corrected chi connectivity index (χ4v) is 2.21. The van der Waals surface area contributed by atoms with E-state index in [2.05, 4.69) is 5.32 Å². The maximum Gasteiger partial charge on any atom is 0.305 e. The Kier molecular flexibility index (Phi) is 5.92. The Bertz CT molecular complexity index is 322. The van der Waals surface area contributed by atoms with E-state index in [0.717, 1.165) is 0 Å². The van der Waals surface area contributed by atoms with Gasteiger partial charge >= 0.3 is 5.97 Å². The van der Waals surface area contributed by atoms with Gasteiger partial charge in [-0.1, -0.05) is 6.92 Å². The monoisotopic (exact) mass is 237 g/mol. The summed E-state index contributed by atoms with van der Waals surface area (Å²) in [5.41, 5.74) is 0. The molecule has 0 saturated heterocycles. The first-order valence-corrected chi connectivity index (χ1v) is 6.38. The Morgan fingerprint density at radius 2 is 1.93 bits per heavy atom. The minimum Gasteiger partial charge on any atom is -0.481 e. The molecule has 0 aromatic carbocycles. The summed E-state index contributed by atoms with van der Waals surface area (Å²) < 4.78 is 22.3. The minimum atomic E-state index is -3.34. The summed E-state index contributed by atoms with van der Waals surface area (Å²) >= 11 is 0. The van der Waals surface area contributed by atoms with Gasteiger partial charge in [-0.05, 0) is 6.42 Å². The Balaban J connectivity index is 3.89. The summed E-state index contributed by atoms with van der Waals surface area (Å²) in [6, 6.07) is 0. The van der Waals surface area contributed by atoms with E-state index in [1.807, 2.05) is 0 Å². The van der Waals surface area contributed by atoms with Crippen LogP contribution in [0.3, 0.4) is 0 Å². The number of carboxylic acids is 1. The molecule has 88 valence electrons. The Morgan fingerprint density at radius 3 is 2.40 bits per heavy atom. The van der Waals surface area contributed by atoms with Crippen LogP contribution in [0, 0.1) is 0 Å². The fraction of sp³-hybridized carbons (Fsp3) is 0.750. The molecule has 6 nitrogen and oxygen atoms in total. The molecule has 0 aliphatic heterocycles. The fourth-order valence-electron chi connectivity index (χ4n) is 0.943. The summed E-state index contributed by atoms with van der Waals surface area (Å²) in [5.74, 6) is -2.28. The van der Waals surface area contributed by atoms with Crippen molar-refractivity contribution in [3.05, 3.63) is 0 Å². The molecule has 0 rings (SSSR count). The third-order valence-electron chi connectivity index (χ3n) is 1.53. The van der Waals surface area contributed by atoms with Crippen molar-refractivity contribution in [3.63, 3.8) is 0 Å². The molecular formula is C8H15NO5S. The molecule has 2 N–H and O–H groups in total. The predicted molar refractivity (Wildman–Crippen MR) is 54.2 cm³/mol. The van der Waals surface area contributed by atoms with Crippen LogP contribution in [0.5, 0.6) is 0 Å². The average Bonchev–Trinajstić information content (AvgIpc) is 2.01. The summed E-state index contributed by atoms with van der Waals surface area (Å²) in [4.78, 5) is 21.1. The van der Waals surface area contributed by atoms with E-state index in [1.54, 1.807) is 6.92 Å². The lowest BCUT2D eigenvalue weighted by atomic mass is 10.4. The van der Waals surface area contributed by atoms with E-state index in [9.17, 15) is 18.0 Å². The van der Waals surface area contributed by atoms with Gasteiger partial charge in [0.05, 0.1) is 12.2 Å². The SMILES string of the molecule is CCCS(=O)(=O)CC(=O)NCCC(=O)O. The lowest BCUT2D eigenvalue weighted by Crippen LogP contribution is -2.32. The number of aliphatic carboxylic acids is 1. The maximum atomic E-state index is 11.2. The number of hydrogen-bond donors (Lipinski definition) is 2. The summed E-state index contributed by atoms with van der Waals surface area (Å²) in [6.45, 7) is 1.66. The third kappa shape index (κ3) is 7.92. The molecule has 1 amide bonds. The largest absolute Gasteiger partial charge is 0.481 e. The van der Waals surface area contributed by atoms with Crippen LogP contribution >= 0.6 is 0 Å². The van der Waals surface area contributed by atoms with Gasteiger partial charge in [0.1, 0.15) is 5.75 Å². The number of carboxylic acid groups (broad SMARTS) is 1. The first-order valence-electron chi connectivity index (χ1n) is 4.56. The second kappa shape index (κ2) is 6.39. The second-order valence-corrected chi connectivity index (χ2v) is 5.27. The van der Waals surface area contributed by atoms with E-state index in [0.29, 0.717) is 6.42 Å². The van der Waals surface area contributed by atoms with Crippen molar-refractivity contribution in [2.45, 2.75) is 19.8 Å². The molecule has 0 heterocycles. The zero-order valence-corrected chi connectivity index (χ0v) is 9.34. The Morgan fingerprint density at radius 1 is 1.33 bits per heavy atom. The van der Waals surface area contributed by atoms with Crippen molar-refractivity contribution in [3.8, 4) is 0 Å². The molecule has 0 atom stereocenters. The normalized spacial score (nSPS) is 11.0. The number of nitrogens with one attached hydrogen (secondary N) is 1. The Hall–Kier alpha value is -1.11. The number of carbonyl (C=O) groups is 2. The highest BCUT2D eigenvalue weighted by molar-refractivity contribution is 7.92. The summed E-state index contributed by atoms with van der Waals surface area (Å²) in [6.07, 6.45) is 0.254. The highest BCUT2D eigenvalue weighted by Crippen LogP contribution is 1.93. The second-order valence-electron chi connectivity index (χ2n) is 3.09. The average molecular weight is 237 g/mol. The van der Waals surface area contributed by atoms with Crippen LogP contribution in [0.2, 0.25) is 0 Å². The molecular weight excluding hydrogens is 222 g/mol. The van der Waals surface area contributed by atoms with Crippen molar-refractivity contribution in [2.75, 3.05) is 18.1 Å². The lowest BCUT2D eigenvalue weighted by Gasteiger charge is -2.03. The standard InChI is InChI=1S/C8H15NO5S/c1-2-5-15(13,14)6-7(10)9-4-3-8(11)12/h2-6H2,1H3,(H,9,10)(H,11,12). The molecule has 0 saturated carbocycles. The number of hydrogen-bond acceptors (Lipinski definition) is 4. The van der Waals surface area contributed by atoms with Crippen LogP contribution in [0.4, 0.5) is 0 Å². The van der Waals surface area contributed by atoms with Crippen LogP contribution < -0.4 is 5.32 Å². The first kappa shape index (κ1) is 13.9. The van der Waals surface area contributed by atoms with E-state index < -0.39 is 27.5 Å². The highest BCUT2D eigenvalue weighted by Gasteiger charge is 2.15. The van der Waals surface area contributed by atoms with E-state index >= 15 is 0 Å². The van der Waals surface area contributed by atoms with Crippen LogP contribution in [0.1, 0.15) is 19.8 Å². The summed E-state index contributed by atoms with van der Waals surface area (Å²) in [5, 5.41) is 10.5. The van der Waals surface area contributed by atoms with Crippen molar-refractivity contribution in [1.82, 2.24) is 5.32 Å². The molecule has 0 aliphatic rings. The smallest absolute Gasteiger partial charge is 0.305 e. The molecule has 0 bridgehead atoms. The topological polar surface area (TPSA) is 101 Å². The number of carbonyl (C=O) groups excluding carboxylic acids is 1. The molecule has 15 heavy (non-hydrogen) atoms. The van der Waals surface area contributed by atoms with Crippen LogP contribution in [0.15, 0.2) is 0 Å². The molecule has 0 radical (unpaired) electrons. The van der Waals surface area contributed by atoms with Gasteiger partial charge in [0.15, 0.2) is 9.84 Å². The van der Waals surface area contributed by atoms with Gasteiger partial charge in [-0.2, -0.15) is 0 Å². The Labute approximate surface area is 88.6 Å². The summed E-state index contributed by atoms with van der Waals surface area (Å²) in [7, 11) is -3.34. The number of rotatable bonds is 7. The molecule has 0 aliphatic carbocycles. The van der Waals surface area contributed by atoms with Crippen LogP contribution in [-0.4, -0.2) is 43.5 Å². The van der Waals surface area contributed by atoms with Crippen molar-refractivity contribution >= 4 is 21.7 Å². The van der Waals surface area contributed by atoms with Gasteiger partial charge in [-0.3, -0.25) is 9.59 Å². The van der Waals surface area contributed by atoms with Gasteiger partial charge in [-0.15, -0.1) is 0 Å². The van der Waals surface area contributed by atoms with E-state index in [1.165, 1.54) is 0 Å². The lowest BCUT2D eigenvalue weighted by molar-refractivity contribution is -0.136. The quantitative estimate of drug-likeness (QED) is 0.616. The number of sulfone groups is 1. The molecule has 0 aromatic rings. The van der Waals surface area contributed by atoms with Crippen molar-refractivity contribution in [1.29, 1.82) is 0 Å². The predicted octanol–water partition coefficient (Wildman–Crippen LogP) is -0.598. The van der Waals surface area contributed by atoms with Crippen molar-refractivity contribution < 1.29 is 23.1 Å².